The van der Waals surface area contributed by atoms with Crippen LogP contribution >= 0.6 is 0 Å². The van der Waals surface area contributed by atoms with Crippen molar-refractivity contribution in [3.8, 4) is 0 Å². The van der Waals surface area contributed by atoms with E-state index in [2.05, 4.69) is 11.6 Å². The van der Waals surface area contributed by atoms with E-state index < -0.39 is 0 Å². The number of hydrogen-bond donors (Lipinski definition) is 2. The van der Waals surface area contributed by atoms with Gasteiger partial charge in [0.2, 0.25) is 0 Å². The summed E-state index contributed by atoms with van der Waals surface area (Å²) in [5.74, 6) is 0.477. The van der Waals surface area contributed by atoms with Crippen LogP contribution in [0.4, 0.5) is 0 Å². The Kier molecular flexibility index (Phi) is 3.50. The molecule has 86 valence electrons. The van der Waals surface area contributed by atoms with Crippen LogP contribution < -0.4 is 11.5 Å². The number of carbonyl (C=O) groups is 1. The molecule has 5 heteroatoms. The Morgan fingerprint density at radius 3 is 2.56 bits per heavy atom. The summed E-state index contributed by atoms with van der Waals surface area (Å²) < 4.78 is 0. The van der Waals surface area contributed by atoms with Gasteiger partial charge < -0.3 is 11.5 Å². The lowest BCUT2D eigenvalue weighted by molar-refractivity contribution is -0.122. The summed E-state index contributed by atoms with van der Waals surface area (Å²) in [6.07, 6.45) is 3.11. The predicted octanol–water partition coefficient (Wildman–Crippen LogP) is 0.466. The molecule has 5 nitrogen and oxygen atoms in total. The second-order valence-electron chi connectivity index (χ2n) is 3.44. The maximum absolute atomic E-state index is 11.6. The van der Waals surface area contributed by atoms with E-state index in [-0.39, 0.29) is 11.7 Å². The van der Waals surface area contributed by atoms with Gasteiger partial charge in [0.15, 0.2) is 0 Å². The molecule has 0 atom stereocenters. The zero-order valence-electron chi connectivity index (χ0n) is 9.53. The first-order chi connectivity index (χ1) is 7.47. The van der Waals surface area contributed by atoms with Crippen molar-refractivity contribution in [1.29, 1.82) is 0 Å². The molecule has 4 N–H and O–H groups in total. The van der Waals surface area contributed by atoms with Crippen LogP contribution in [0.3, 0.4) is 0 Å². The third-order valence-electron chi connectivity index (χ3n) is 2.15. The van der Waals surface area contributed by atoms with E-state index in [0.717, 1.165) is 0 Å². The molecule has 16 heavy (non-hydrogen) atoms. The first kappa shape index (κ1) is 12.0. The van der Waals surface area contributed by atoms with Crippen LogP contribution in [0.25, 0.3) is 0 Å². The second kappa shape index (κ2) is 4.65. The molecule has 0 aliphatic carbocycles. The zero-order chi connectivity index (χ0) is 12.3. The Morgan fingerprint density at radius 1 is 1.50 bits per heavy atom. The Labute approximate surface area is 94.8 Å². The summed E-state index contributed by atoms with van der Waals surface area (Å²) in [5, 5.41) is 0. The number of allylic oxidation sites excluding steroid dienone is 1. The molecule has 0 aromatic carbocycles. The monoisotopic (exact) mass is 220 g/mol. The summed E-state index contributed by atoms with van der Waals surface area (Å²) >= 11 is 0. The van der Waals surface area contributed by atoms with Crippen molar-refractivity contribution in [2.24, 2.45) is 16.5 Å². The Morgan fingerprint density at radius 2 is 2.12 bits per heavy atom. The molecule has 0 saturated heterocycles. The third kappa shape index (κ3) is 2.31. The van der Waals surface area contributed by atoms with Crippen LogP contribution in [-0.4, -0.2) is 23.2 Å². The van der Waals surface area contributed by atoms with Gasteiger partial charge in [-0.3, -0.25) is 9.69 Å². The van der Waals surface area contributed by atoms with Crippen LogP contribution in [0.5, 0.6) is 0 Å². The number of nitrogens with two attached hydrogens (primary N) is 2. The second-order valence-corrected chi connectivity index (χ2v) is 3.44. The molecular formula is C11H16N4O. The number of carbonyl (C=O) groups excluding carboxylic acids is 1. The molecule has 0 radical (unpaired) electrons. The number of amides is 1. The predicted molar refractivity (Wildman–Crippen MR) is 64.2 cm³/mol. The Balaban J connectivity index is 3.33. The average molecular weight is 220 g/mol. The molecule has 1 aliphatic rings. The van der Waals surface area contributed by atoms with Gasteiger partial charge in [0.25, 0.3) is 5.91 Å². The van der Waals surface area contributed by atoms with Gasteiger partial charge in [-0.25, -0.2) is 4.99 Å². The molecule has 1 rings (SSSR count). The summed E-state index contributed by atoms with van der Waals surface area (Å²) in [6.45, 7) is 7.61. The SMILES string of the molecule is C=C(N)/N=C1\C(=C(\C)N)C=CC(=O)N1CC. The maximum atomic E-state index is 11.6. The van der Waals surface area contributed by atoms with Crippen LogP contribution in [0, 0.1) is 0 Å². The fraction of sp³-hybridized carbons (Fsp3) is 0.273. The van der Waals surface area contributed by atoms with Gasteiger partial charge in [0.1, 0.15) is 11.7 Å². The molecule has 1 amide bonds. The van der Waals surface area contributed by atoms with Gasteiger partial charge in [-0.1, -0.05) is 6.58 Å². The first-order valence-corrected chi connectivity index (χ1v) is 4.96. The summed E-state index contributed by atoms with van der Waals surface area (Å²) in [4.78, 5) is 17.2. The van der Waals surface area contributed by atoms with Crippen LogP contribution in [0.1, 0.15) is 13.8 Å². The topological polar surface area (TPSA) is 84.7 Å². The molecular weight excluding hydrogens is 204 g/mol. The maximum Gasteiger partial charge on any atom is 0.252 e. The van der Waals surface area contributed by atoms with Crippen LogP contribution in [0.2, 0.25) is 0 Å². The average Bonchev–Trinajstić information content (AvgIpc) is 2.16. The summed E-state index contributed by atoms with van der Waals surface area (Å²) in [6, 6.07) is 0. The molecule has 0 saturated carbocycles. The van der Waals surface area contributed by atoms with Crippen molar-refractivity contribution < 1.29 is 4.79 Å². The molecule has 0 spiro atoms. The van der Waals surface area contributed by atoms with Gasteiger partial charge in [0, 0.05) is 23.9 Å². The molecule has 0 fully saturated rings. The third-order valence-corrected chi connectivity index (χ3v) is 2.15. The van der Waals surface area contributed by atoms with Crippen molar-refractivity contribution in [1.82, 2.24) is 4.90 Å². The van der Waals surface area contributed by atoms with Crippen molar-refractivity contribution in [3.05, 3.63) is 35.8 Å². The zero-order valence-corrected chi connectivity index (χ0v) is 9.53. The van der Waals surface area contributed by atoms with Crippen molar-refractivity contribution in [3.63, 3.8) is 0 Å². The largest absolute Gasteiger partial charge is 0.402 e. The lowest BCUT2D eigenvalue weighted by Crippen LogP contribution is -2.40. The van der Waals surface area contributed by atoms with Crippen LogP contribution in [0.15, 0.2) is 40.8 Å². The highest BCUT2D eigenvalue weighted by atomic mass is 16.2. The minimum atomic E-state index is -0.132. The fourth-order valence-electron chi connectivity index (χ4n) is 1.44. The Bertz CT molecular complexity index is 414. The summed E-state index contributed by atoms with van der Waals surface area (Å²) in [5.41, 5.74) is 12.5. The fourth-order valence-corrected chi connectivity index (χ4v) is 1.44. The van der Waals surface area contributed by atoms with Crippen molar-refractivity contribution in [2.45, 2.75) is 13.8 Å². The van der Waals surface area contributed by atoms with Crippen molar-refractivity contribution in [2.75, 3.05) is 6.54 Å². The highest BCUT2D eigenvalue weighted by Crippen LogP contribution is 2.15. The number of amidine groups is 1. The van der Waals surface area contributed by atoms with Crippen LogP contribution in [-0.2, 0) is 4.79 Å². The number of rotatable bonds is 2. The van der Waals surface area contributed by atoms with E-state index in [0.29, 0.717) is 23.7 Å². The van der Waals surface area contributed by atoms with E-state index in [1.807, 2.05) is 6.92 Å². The lowest BCUT2D eigenvalue weighted by Gasteiger charge is -2.26. The molecule has 1 heterocycles. The smallest absolute Gasteiger partial charge is 0.252 e. The van der Waals surface area contributed by atoms with Crippen molar-refractivity contribution >= 4 is 11.7 Å². The van der Waals surface area contributed by atoms with E-state index in [4.69, 9.17) is 11.5 Å². The minimum Gasteiger partial charge on any atom is -0.402 e. The van der Waals surface area contributed by atoms with Gasteiger partial charge >= 0.3 is 0 Å². The van der Waals surface area contributed by atoms with E-state index in [9.17, 15) is 4.79 Å². The molecule has 0 aromatic heterocycles. The van der Waals surface area contributed by atoms with E-state index >= 15 is 0 Å². The standard InChI is InChI=1S/C11H16N4O/c1-4-15-10(16)6-5-9(7(2)12)11(15)14-8(3)13/h5-6H,3-4,12-13H2,1-2H3/b9-7-,14-11+. The van der Waals surface area contributed by atoms with Gasteiger partial charge in [-0.05, 0) is 19.9 Å². The highest BCUT2D eigenvalue weighted by Gasteiger charge is 2.23. The number of aliphatic imine (C=N–C) groups is 1. The normalized spacial score (nSPS) is 21.5. The molecule has 0 aromatic rings. The van der Waals surface area contributed by atoms with Gasteiger partial charge in [-0.15, -0.1) is 0 Å². The minimum absolute atomic E-state index is 0.132. The quantitative estimate of drug-likeness (QED) is 0.709. The van der Waals surface area contributed by atoms with Gasteiger partial charge in [0.05, 0.1) is 0 Å². The Hall–Kier alpha value is -2.04. The van der Waals surface area contributed by atoms with Gasteiger partial charge in [-0.2, -0.15) is 0 Å². The van der Waals surface area contributed by atoms with E-state index in [1.54, 1.807) is 13.0 Å². The summed E-state index contributed by atoms with van der Waals surface area (Å²) in [7, 11) is 0. The number of likely N-dealkylation sites (N-methyl/N-ethyl adjacent to an activating group) is 1. The molecule has 0 unspecified atom stereocenters. The first-order valence-electron chi connectivity index (χ1n) is 4.96. The van der Waals surface area contributed by atoms with E-state index in [1.165, 1.54) is 11.0 Å². The number of hydrogen-bond acceptors (Lipinski definition) is 4. The number of nitrogens with zero attached hydrogens (tertiary/aromatic N) is 2. The highest BCUT2D eigenvalue weighted by molar-refractivity contribution is 6.15. The lowest BCUT2D eigenvalue weighted by atomic mass is 10.1. The molecule has 1 aliphatic heterocycles. The molecule has 0 bridgehead atoms.